The van der Waals surface area contributed by atoms with E-state index < -0.39 is 11.6 Å². The monoisotopic (exact) mass is 271 g/mol. The highest BCUT2D eigenvalue weighted by Gasteiger charge is 2.17. The lowest BCUT2D eigenvalue weighted by molar-refractivity contribution is 0.196. The molecule has 0 aliphatic rings. The predicted octanol–water partition coefficient (Wildman–Crippen LogP) is 3.02. The second-order valence-electron chi connectivity index (χ2n) is 5.12. The Morgan fingerprint density at radius 2 is 2.00 bits per heavy atom. The van der Waals surface area contributed by atoms with Crippen LogP contribution in [0.15, 0.2) is 18.2 Å². The van der Waals surface area contributed by atoms with E-state index in [0.29, 0.717) is 24.5 Å². The first-order valence-corrected chi connectivity index (χ1v) is 6.68. The van der Waals surface area contributed by atoms with Crippen LogP contribution < -0.4 is 5.32 Å². The Kier molecular flexibility index (Phi) is 6.95. The molecule has 108 valence electrons. The molecule has 19 heavy (non-hydrogen) atoms. The van der Waals surface area contributed by atoms with Gasteiger partial charge in [-0.05, 0) is 36.4 Å². The molecule has 0 radical (unpaired) electrons. The lowest BCUT2D eigenvalue weighted by Gasteiger charge is -2.22. The molecule has 1 aromatic carbocycles. The molecule has 4 heteroatoms. The molecular weight excluding hydrogens is 248 g/mol. The highest BCUT2D eigenvalue weighted by Crippen LogP contribution is 2.20. The van der Waals surface area contributed by atoms with Crippen LogP contribution in [-0.2, 0) is 11.2 Å². The van der Waals surface area contributed by atoms with E-state index in [9.17, 15) is 8.78 Å². The fourth-order valence-corrected chi connectivity index (χ4v) is 1.99. The summed E-state index contributed by atoms with van der Waals surface area (Å²) in [5, 5.41) is 3.28. The zero-order valence-electron chi connectivity index (χ0n) is 11.9. The largest absolute Gasteiger partial charge is 0.383 e. The molecule has 0 saturated heterocycles. The highest BCUT2D eigenvalue weighted by molar-refractivity contribution is 5.19. The first-order chi connectivity index (χ1) is 9.06. The van der Waals surface area contributed by atoms with E-state index in [1.807, 2.05) is 0 Å². The molecule has 0 heterocycles. The van der Waals surface area contributed by atoms with Crippen molar-refractivity contribution in [3.8, 4) is 0 Å². The molecule has 0 aliphatic heterocycles. The first-order valence-electron chi connectivity index (χ1n) is 6.68. The molecule has 1 rings (SSSR count). The standard InChI is InChI=1S/C15H23F2NO/c1-11(2)13(10-18-7-8-19-3)9-12-5-4-6-14(16)15(12)17/h4-6,11,13,18H,7-10H2,1-3H3. The lowest BCUT2D eigenvalue weighted by Crippen LogP contribution is -2.30. The number of ether oxygens (including phenoxy) is 1. The van der Waals surface area contributed by atoms with Gasteiger partial charge in [-0.3, -0.25) is 0 Å². The summed E-state index contributed by atoms with van der Waals surface area (Å²) in [6.45, 7) is 6.39. The van der Waals surface area contributed by atoms with Gasteiger partial charge in [-0.1, -0.05) is 26.0 Å². The normalized spacial score (nSPS) is 12.9. The molecule has 0 bridgehead atoms. The van der Waals surface area contributed by atoms with Crippen molar-refractivity contribution in [2.45, 2.75) is 20.3 Å². The van der Waals surface area contributed by atoms with Gasteiger partial charge in [0.05, 0.1) is 6.61 Å². The number of methoxy groups -OCH3 is 1. The Bertz CT molecular complexity index is 382. The van der Waals surface area contributed by atoms with Crippen LogP contribution in [0.1, 0.15) is 19.4 Å². The van der Waals surface area contributed by atoms with Crippen molar-refractivity contribution in [2.24, 2.45) is 11.8 Å². The van der Waals surface area contributed by atoms with Gasteiger partial charge in [0.2, 0.25) is 0 Å². The van der Waals surface area contributed by atoms with Crippen molar-refractivity contribution in [3.63, 3.8) is 0 Å². The molecule has 1 aromatic rings. The number of hydrogen-bond acceptors (Lipinski definition) is 2. The lowest BCUT2D eigenvalue weighted by atomic mass is 9.89. The van der Waals surface area contributed by atoms with Crippen LogP contribution in [-0.4, -0.2) is 26.8 Å². The van der Waals surface area contributed by atoms with Crippen LogP contribution in [0.25, 0.3) is 0 Å². The maximum Gasteiger partial charge on any atom is 0.162 e. The summed E-state index contributed by atoms with van der Waals surface area (Å²) in [5.74, 6) is -0.816. The van der Waals surface area contributed by atoms with E-state index in [4.69, 9.17) is 4.74 Å². The molecule has 2 nitrogen and oxygen atoms in total. The Balaban J connectivity index is 2.60. The third-order valence-electron chi connectivity index (χ3n) is 3.35. The van der Waals surface area contributed by atoms with Crippen molar-refractivity contribution in [1.82, 2.24) is 5.32 Å². The summed E-state index contributed by atoms with van der Waals surface area (Å²) in [6.07, 6.45) is 0.543. The van der Waals surface area contributed by atoms with Crippen molar-refractivity contribution >= 4 is 0 Å². The van der Waals surface area contributed by atoms with Crippen LogP contribution >= 0.6 is 0 Å². The summed E-state index contributed by atoms with van der Waals surface area (Å²) in [7, 11) is 1.66. The molecule has 0 amide bonds. The average molecular weight is 271 g/mol. The SMILES string of the molecule is COCCNCC(Cc1cccc(F)c1F)C(C)C. The smallest absolute Gasteiger partial charge is 0.162 e. The summed E-state index contributed by atoms with van der Waals surface area (Å²) >= 11 is 0. The fraction of sp³-hybridized carbons (Fsp3) is 0.600. The third kappa shape index (κ3) is 5.25. The summed E-state index contributed by atoms with van der Waals surface area (Å²) in [4.78, 5) is 0. The van der Waals surface area contributed by atoms with Gasteiger partial charge in [-0.25, -0.2) is 8.78 Å². The molecule has 1 unspecified atom stereocenters. The number of benzene rings is 1. The molecular formula is C15H23F2NO. The Labute approximate surface area is 114 Å². The molecule has 1 atom stereocenters. The van der Waals surface area contributed by atoms with Gasteiger partial charge >= 0.3 is 0 Å². The van der Waals surface area contributed by atoms with E-state index >= 15 is 0 Å². The molecule has 0 fully saturated rings. The first kappa shape index (κ1) is 16.1. The fourth-order valence-electron chi connectivity index (χ4n) is 1.99. The van der Waals surface area contributed by atoms with Crippen molar-refractivity contribution in [3.05, 3.63) is 35.4 Å². The van der Waals surface area contributed by atoms with Crippen LogP contribution in [0, 0.1) is 23.5 Å². The van der Waals surface area contributed by atoms with Crippen molar-refractivity contribution in [2.75, 3.05) is 26.8 Å². The van der Waals surface area contributed by atoms with Gasteiger partial charge in [0, 0.05) is 13.7 Å². The zero-order chi connectivity index (χ0) is 14.3. The van der Waals surface area contributed by atoms with Gasteiger partial charge in [0.25, 0.3) is 0 Å². The van der Waals surface area contributed by atoms with Gasteiger partial charge < -0.3 is 10.1 Å². The van der Waals surface area contributed by atoms with Crippen LogP contribution in [0.2, 0.25) is 0 Å². The van der Waals surface area contributed by atoms with E-state index in [2.05, 4.69) is 19.2 Å². The van der Waals surface area contributed by atoms with Crippen molar-refractivity contribution in [1.29, 1.82) is 0 Å². The van der Waals surface area contributed by atoms with Gasteiger partial charge in [-0.2, -0.15) is 0 Å². The Morgan fingerprint density at radius 1 is 1.26 bits per heavy atom. The number of nitrogens with one attached hydrogen (secondary N) is 1. The minimum absolute atomic E-state index is 0.271. The highest BCUT2D eigenvalue weighted by atomic mass is 19.2. The molecule has 0 spiro atoms. The van der Waals surface area contributed by atoms with Crippen LogP contribution in [0.3, 0.4) is 0 Å². The van der Waals surface area contributed by atoms with Crippen LogP contribution in [0.4, 0.5) is 8.78 Å². The number of hydrogen-bond donors (Lipinski definition) is 1. The molecule has 0 aromatic heterocycles. The van der Waals surface area contributed by atoms with E-state index in [-0.39, 0.29) is 5.92 Å². The average Bonchev–Trinajstić information content (AvgIpc) is 2.37. The molecule has 1 N–H and O–H groups in total. The summed E-state index contributed by atoms with van der Waals surface area (Å²) < 4.78 is 31.8. The number of halogens is 2. The van der Waals surface area contributed by atoms with E-state index in [0.717, 1.165) is 19.2 Å². The minimum atomic E-state index is -0.771. The maximum absolute atomic E-state index is 13.7. The molecule has 0 saturated carbocycles. The predicted molar refractivity (Wildman–Crippen MR) is 73.1 cm³/mol. The van der Waals surface area contributed by atoms with Crippen LogP contribution in [0.5, 0.6) is 0 Å². The topological polar surface area (TPSA) is 21.3 Å². The van der Waals surface area contributed by atoms with Crippen molar-refractivity contribution < 1.29 is 13.5 Å². The molecule has 0 aliphatic carbocycles. The van der Waals surface area contributed by atoms with E-state index in [1.165, 1.54) is 0 Å². The number of rotatable bonds is 8. The zero-order valence-corrected chi connectivity index (χ0v) is 11.9. The maximum atomic E-state index is 13.7. The Morgan fingerprint density at radius 3 is 2.63 bits per heavy atom. The van der Waals surface area contributed by atoms with E-state index in [1.54, 1.807) is 19.2 Å². The summed E-state index contributed by atoms with van der Waals surface area (Å²) in [5.41, 5.74) is 0.451. The quantitative estimate of drug-likeness (QED) is 0.734. The summed E-state index contributed by atoms with van der Waals surface area (Å²) in [6, 6.07) is 4.37. The third-order valence-corrected chi connectivity index (χ3v) is 3.35. The van der Waals surface area contributed by atoms with Gasteiger partial charge in [-0.15, -0.1) is 0 Å². The second kappa shape index (κ2) is 8.23. The van der Waals surface area contributed by atoms with Gasteiger partial charge in [0.1, 0.15) is 0 Å². The minimum Gasteiger partial charge on any atom is -0.383 e. The van der Waals surface area contributed by atoms with Gasteiger partial charge in [0.15, 0.2) is 11.6 Å². The second-order valence-corrected chi connectivity index (χ2v) is 5.12. The Hall–Kier alpha value is -1.00.